The van der Waals surface area contributed by atoms with Gasteiger partial charge < -0.3 is 4.90 Å². The van der Waals surface area contributed by atoms with Crippen molar-refractivity contribution in [2.24, 2.45) is 5.10 Å². The number of anilines is 1. The predicted octanol–water partition coefficient (Wildman–Crippen LogP) is 2.26. The summed E-state index contributed by atoms with van der Waals surface area (Å²) in [5.74, 6) is -0.576. The molecular weight excluding hydrogens is 354 g/mol. The van der Waals surface area contributed by atoms with Crippen LogP contribution in [0, 0.1) is 20.2 Å². The molecule has 1 N–H and O–H groups in total. The maximum atomic E-state index is 12.0. The number of hydrazone groups is 1. The molecule has 140 valence electrons. The van der Waals surface area contributed by atoms with Crippen molar-refractivity contribution in [2.75, 3.05) is 19.0 Å². The van der Waals surface area contributed by atoms with Gasteiger partial charge in [0.15, 0.2) is 0 Å². The molecule has 0 spiro atoms. The maximum Gasteiger partial charge on any atom is 0.279 e. The molecule has 2 aromatic carbocycles. The number of nitrogens with one attached hydrogen (secondary N) is 1. The molecule has 10 heteroatoms. The first-order chi connectivity index (χ1) is 12.8. The lowest BCUT2D eigenvalue weighted by Crippen LogP contribution is -2.20. The van der Waals surface area contributed by atoms with Gasteiger partial charge in [-0.05, 0) is 23.8 Å². The monoisotopic (exact) mass is 371 g/mol. The summed E-state index contributed by atoms with van der Waals surface area (Å²) in [5.41, 5.74) is 3.23. The third-order valence-corrected chi connectivity index (χ3v) is 3.64. The van der Waals surface area contributed by atoms with E-state index < -0.39 is 27.1 Å². The number of nitrogens with zero attached hydrogens (tertiary/aromatic N) is 4. The van der Waals surface area contributed by atoms with Gasteiger partial charge in [-0.25, -0.2) is 5.43 Å². The van der Waals surface area contributed by atoms with Crippen LogP contribution in [0.5, 0.6) is 0 Å². The van der Waals surface area contributed by atoms with Gasteiger partial charge in [0.25, 0.3) is 11.4 Å². The molecule has 0 saturated carbocycles. The predicted molar refractivity (Wildman–Crippen MR) is 100.0 cm³/mol. The van der Waals surface area contributed by atoms with Crippen LogP contribution in [0.4, 0.5) is 17.1 Å². The Balaban J connectivity index is 2.03. The standard InChI is InChI=1S/C17H17N5O5/c1-20(2)14-6-3-12(4-7-14)11-18-19-17(23)9-13-5-8-15(21(24)25)10-16(13)22(26)27/h3-8,10-11H,9H2,1-2H3,(H,19,23). The topological polar surface area (TPSA) is 131 Å². The minimum atomic E-state index is -0.759. The zero-order valence-electron chi connectivity index (χ0n) is 14.7. The van der Waals surface area contributed by atoms with E-state index in [1.54, 1.807) is 0 Å². The number of non-ortho nitro benzene ring substituents is 1. The number of hydrogen-bond acceptors (Lipinski definition) is 7. The minimum absolute atomic E-state index is 0.0636. The van der Waals surface area contributed by atoms with Crippen molar-refractivity contribution in [2.45, 2.75) is 6.42 Å². The molecule has 10 nitrogen and oxygen atoms in total. The van der Waals surface area contributed by atoms with E-state index in [1.807, 2.05) is 43.3 Å². The molecule has 1 amide bonds. The molecule has 0 radical (unpaired) electrons. The van der Waals surface area contributed by atoms with Gasteiger partial charge in [-0.2, -0.15) is 5.10 Å². The fraction of sp³-hybridized carbons (Fsp3) is 0.176. The molecule has 0 fully saturated rings. The number of carbonyl (C=O) groups excluding carboxylic acids is 1. The van der Waals surface area contributed by atoms with Crippen LogP contribution in [0.3, 0.4) is 0 Å². The number of hydrogen-bond donors (Lipinski definition) is 1. The summed E-state index contributed by atoms with van der Waals surface area (Å²) < 4.78 is 0. The summed E-state index contributed by atoms with van der Waals surface area (Å²) in [6.07, 6.45) is 1.12. The van der Waals surface area contributed by atoms with Crippen molar-refractivity contribution in [3.05, 3.63) is 73.8 Å². The molecule has 0 aliphatic carbocycles. The molecule has 0 unspecified atom stereocenters. The molecule has 0 heterocycles. The van der Waals surface area contributed by atoms with Crippen LogP contribution in [-0.4, -0.2) is 36.1 Å². The molecule has 2 rings (SSSR count). The fourth-order valence-corrected chi connectivity index (χ4v) is 2.24. The van der Waals surface area contributed by atoms with Crippen molar-refractivity contribution in [3.63, 3.8) is 0 Å². The van der Waals surface area contributed by atoms with Crippen molar-refractivity contribution in [1.82, 2.24) is 5.43 Å². The van der Waals surface area contributed by atoms with Crippen LogP contribution in [0.15, 0.2) is 47.6 Å². The SMILES string of the molecule is CN(C)c1ccc(C=NNC(=O)Cc2ccc([N+](=O)[O-])cc2[N+](=O)[O-])cc1. The minimum Gasteiger partial charge on any atom is -0.378 e. The van der Waals surface area contributed by atoms with Crippen molar-refractivity contribution in [3.8, 4) is 0 Å². The van der Waals surface area contributed by atoms with E-state index in [9.17, 15) is 25.0 Å². The molecule has 0 bridgehead atoms. The van der Waals surface area contributed by atoms with Crippen molar-refractivity contribution >= 4 is 29.2 Å². The zero-order chi connectivity index (χ0) is 20.0. The number of benzene rings is 2. The van der Waals surface area contributed by atoms with Gasteiger partial charge in [0.05, 0.1) is 28.5 Å². The summed E-state index contributed by atoms with van der Waals surface area (Å²) in [6, 6.07) is 10.6. The van der Waals surface area contributed by atoms with Gasteiger partial charge in [-0.3, -0.25) is 25.0 Å². The summed E-state index contributed by atoms with van der Waals surface area (Å²) in [6.45, 7) is 0. The lowest BCUT2D eigenvalue weighted by Gasteiger charge is -2.11. The molecule has 0 atom stereocenters. The van der Waals surface area contributed by atoms with Crippen LogP contribution in [0.2, 0.25) is 0 Å². The highest BCUT2D eigenvalue weighted by Gasteiger charge is 2.20. The molecule has 0 aliphatic heterocycles. The highest BCUT2D eigenvalue weighted by molar-refractivity contribution is 5.84. The van der Waals surface area contributed by atoms with E-state index in [2.05, 4.69) is 10.5 Å². The quantitative estimate of drug-likeness (QED) is 0.451. The highest BCUT2D eigenvalue weighted by Crippen LogP contribution is 2.25. The van der Waals surface area contributed by atoms with Gasteiger partial charge in [0.2, 0.25) is 5.91 Å². The van der Waals surface area contributed by atoms with E-state index in [-0.39, 0.29) is 12.0 Å². The second kappa shape index (κ2) is 8.52. The molecule has 0 saturated heterocycles. The first-order valence-corrected chi connectivity index (χ1v) is 7.79. The Labute approximate surface area is 154 Å². The zero-order valence-corrected chi connectivity index (χ0v) is 14.7. The molecule has 0 aromatic heterocycles. The Morgan fingerprint density at radius 3 is 2.33 bits per heavy atom. The lowest BCUT2D eigenvalue weighted by atomic mass is 10.1. The summed E-state index contributed by atoms with van der Waals surface area (Å²) in [5, 5.41) is 25.6. The highest BCUT2D eigenvalue weighted by atomic mass is 16.6. The number of rotatable bonds is 7. The van der Waals surface area contributed by atoms with E-state index in [0.717, 1.165) is 23.4 Å². The first-order valence-electron chi connectivity index (χ1n) is 7.79. The van der Waals surface area contributed by atoms with Gasteiger partial charge in [-0.1, -0.05) is 12.1 Å². The third-order valence-electron chi connectivity index (χ3n) is 3.64. The maximum absolute atomic E-state index is 12.0. The molecule has 2 aromatic rings. The third kappa shape index (κ3) is 5.33. The van der Waals surface area contributed by atoms with Gasteiger partial charge in [0, 0.05) is 31.4 Å². The Bertz CT molecular complexity index is 893. The fourth-order valence-electron chi connectivity index (χ4n) is 2.24. The number of amides is 1. The van der Waals surface area contributed by atoms with Crippen LogP contribution in [0.1, 0.15) is 11.1 Å². The lowest BCUT2D eigenvalue weighted by molar-refractivity contribution is -0.394. The largest absolute Gasteiger partial charge is 0.378 e. The Kier molecular flexibility index (Phi) is 6.15. The second-order valence-corrected chi connectivity index (χ2v) is 5.78. The average Bonchev–Trinajstić information content (AvgIpc) is 2.62. The summed E-state index contributed by atoms with van der Waals surface area (Å²) in [7, 11) is 3.83. The Morgan fingerprint density at radius 1 is 1.11 bits per heavy atom. The van der Waals surface area contributed by atoms with Crippen LogP contribution in [-0.2, 0) is 11.2 Å². The summed E-state index contributed by atoms with van der Waals surface area (Å²) >= 11 is 0. The summed E-state index contributed by atoms with van der Waals surface area (Å²) in [4.78, 5) is 34.2. The van der Waals surface area contributed by atoms with Crippen molar-refractivity contribution < 1.29 is 14.6 Å². The molecular formula is C17H17N5O5. The first kappa shape index (κ1) is 19.5. The van der Waals surface area contributed by atoms with Gasteiger partial charge >= 0.3 is 0 Å². The van der Waals surface area contributed by atoms with E-state index in [4.69, 9.17) is 0 Å². The van der Waals surface area contributed by atoms with Crippen LogP contribution >= 0.6 is 0 Å². The Hall–Kier alpha value is -3.82. The second-order valence-electron chi connectivity index (χ2n) is 5.78. The average molecular weight is 371 g/mol. The molecule has 27 heavy (non-hydrogen) atoms. The van der Waals surface area contributed by atoms with E-state index in [0.29, 0.717) is 0 Å². The number of nitro groups is 2. The Morgan fingerprint density at radius 2 is 1.78 bits per heavy atom. The van der Waals surface area contributed by atoms with Crippen LogP contribution < -0.4 is 10.3 Å². The van der Waals surface area contributed by atoms with Gasteiger partial charge in [0.1, 0.15) is 0 Å². The molecule has 0 aliphatic rings. The number of nitro benzene ring substituents is 2. The van der Waals surface area contributed by atoms with Gasteiger partial charge in [-0.15, -0.1) is 0 Å². The smallest absolute Gasteiger partial charge is 0.279 e. The normalized spacial score (nSPS) is 10.6. The van der Waals surface area contributed by atoms with E-state index >= 15 is 0 Å². The van der Waals surface area contributed by atoms with Crippen molar-refractivity contribution in [1.29, 1.82) is 0 Å². The van der Waals surface area contributed by atoms with Crippen LogP contribution in [0.25, 0.3) is 0 Å². The van der Waals surface area contributed by atoms with E-state index in [1.165, 1.54) is 12.3 Å². The number of carbonyl (C=O) groups is 1.